The quantitative estimate of drug-likeness (QED) is 0.927. The first-order valence-electron chi connectivity index (χ1n) is 8.62. The Labute approximate surface area is 149 Å². The van der Waals surface area contributed by atoms with Crippen LogP contribution in [0.2, 0.25) is 0 Å². The third-order valence-corrected chi connectivity index (χ3v) is 5.51. The molecule has 0 radical (unpaired) electrons. The maximum atomic E-state index is 4.23. The highest BCUT2D eigenvalue weighted by atomic mass is 35.5. The number of benzene rings is 1. The molecule has 130 valence electrons. The molecule has 6 heteroatoms. The van der Waals surface area contributed by atoms with Gasteiger partial charge in [-0.1, -0.05) is 12.1 Å². The van der Waals surface area contributed by atoms with Crippen LogP contribution in [0.15, 0.2) is 30.9 Å². The lowest BCUT2D eigenvalue weighted by Gasteiger charge is -2.34. The molecule has 1 spiro atoms. The van der Waals surface area contributed by atoms with Gasteiger partial charge in [0.15, 0.2) is 0 Å². The standard InChI is InChI=1S/C18H25N5.ClH/c1-15-10-16(2-3-17(15)23-14-20-13-21-23)11-22-9-6-18(12-22)4-7-19-8-5-18;/h2-3,10,13-14,19H,4-9,11-12H2,1H3;1H. The molecule has 1 aromatic carbocycles. The topological polar surface area (TPSA) is 46.0 Å². The summed E-state index contributed by atoms with van der Waals surface area (Å²) >= 11 is 0. The maximum Gasteiger partial charge on any atom is 0.138 e. The molecule has 1 N–H and O–H groups in total. The molecule has 2 aliphatic heterocycles. The molecule has 1 aromatic heterocycles. The van der Waals surface area contributed by atoms with Gasteiger partial charge in [-0.05, 0) is 68.4 Å². The fourth-order valence-electron chi connectivity index (χ4n) is 4.19. The zero-order chi connectivity index (χ0) is 15.7. The molecule has 2 aliphatic rings. The highest BCUT2D eigenvalue weighted by Gasteiger charge is 2.38. The van der Waals surface area contributed by atoms with Crippen molar-refractivity contribution in [1.29, 1.82) is 0 Å². The summed E-state index contributed by atoms with van der Waals surface area (Å²) in [6.07, 6.45) is 7.38. The average molecular weight is 348 g/mol. The van der Waals surface area contributed by atoms with Crippen LogP contribution in [0, 0.1) is 12.3 Å². The van der Waals surface area contributed by atoms with E-state index in [1.54, 1.807) is 12.7 Å². The van der Waals surface area contributed by atoms with Crippen LogP contribution in [0.1, 0.15) is 30.4 Å². The fraction of sp³-hybridized carbons (Fsp3) is 0.556. The molecule has 2 fully saturated rings. The van der Waals surface area contributed by atoms with Crippen LogP contribution >= 0.6 is 12.4 Å². The van der Waals surface area contributed by atoms with E-state index in [0.717, 1.165) is 12.2 Å². The van der Waals surface area contributed by atoms with Crippen LogP contribution in [0.4, 0.5) is 0 Å². The first-order chi connectivity index (χ1) is 11.2. The molecular weight excluding hydrogens is 322 g/mol. The van der Waals surface area contributed by atoms with E-state index in [9.17, 15) is 0 Å². The number of aromatic nitrogens is 3. The van der Waals surface area contributed by atoms with Gasteiger partial charge in [-0.15, -0.1) is 12.4 Å². The van der Waals surface area contributed by atoms with Gasteiger partial charge >= 0.3 is 0 Å². The number of hydrogen-bond acceptors (Lipinski definition) is 4. The lowest BCUT2D eigenvalue weighted by molar-refractivity contribution is 0.194. The van der Waals surface area contributed by atoms with E-state index in [4.69, 9.17) is 0 Å². The molecular formula is C18H26ClN5. The minimum Gasteiger partial charge on any atom is -0.317 e. The summed E-state index contributed by atoms with van der Waals surface area (Å²) in [4.78, 5) is 6.67. The van der Waals surface area contributed by atoms with E-state index in [2.05, 4.69) is 45.4 Å². The molecule has 0 aliphatic carbocycles. The lowest BCUT2D eigenvalue weighted by atomic mass is 9.78. The second-order valence-corrected chi connectivity index (χ2v) is 7.17. The van der Waals surface area contributed by atoms with Crippen molar-refractivity contribution in [2.24, 2.45) is 5.41 Å². The third-order valence-electron chi connectivity index (χ3n) is 5.51. The third kappa shape index (κ3) is 3.48. The maximum absolute atomic E-state index is 4.23. The van der Waals surface area contributed by atoms with Gasteiger partial charge in [-0.25, -0.2) is 9.67 Å². The van der Waals surface area contributed by atoms with E-state index >= 15 is 0 Å². The van der Waals surface area contributed by atoms with Crippen molar-refractivity contribution in [2.75, 3.05) is 26.2 Å². The van der Waals surface area contributed by atoms with Crippen LogP contribution in [-0.2, 0) is 6.54 Å². The lowest BCUT2D eigenvalue weighted by Crippen LogP contribution is -2.38. The van der Waals surface area contributed by atoms with Crippen molar-refractivity contribution in [3.8, 4) is 5.69 Å². The van der Waals surface area contributed by atoms with Crippen molar-refractivity contribution >= 4 is 12.4 Å². The van der Waals surface area contributed by atoms with Gasteiger partial charge in [0.25, 0.3) is 0 Å². The zero-order valence-corrected chi connectivity index (χ0v) is 15.1. The average Bonchev–Trinajstić information content (AvgIpc) is 3.19. The molecule has 24 heavy (non-hydrogen) atoms. The number of likely N-dealkylation sites (tertiary alicyclic amines) is 1. The predicted octanol–water partition coefficient (Wildman–Crippen LogP) is 2.57. The number of hydrogen-bond donors (Lipinski definition) is 1. The first-order valence-corrected chi connectivity index (χ1v) is 8.62. The Morgan fingerprint density at radius 2 is 2.04 bits per heavy atom. The molecule has 0 amide bonds. The van der Waals surface area contributed by atoms with Crippen LogP contribution < -0.4 is 5.32 Å². The van der Waals surface area contributed by atoms with Crippen molar-refractivity contribution in [1.82, 2.24) is 25.0 Å². The summed E-state index contributed by atoms with van der Waals surface area (Å²) in [6.45, 7) is 8.11. The molecule has 0 bridgehead atoms. The monoisotopic (exact) mass is 347 g/mol. The predicted molar refractivity (Wildman–Crippen MR) is 97.8 cm³/mol. The molecule has 5 nitrogen and oxygen atoms in total. The summed E-state index contributed by atoms with van der Waals surface area (Å²) in [5.41, 5.74) is 4.35. The molecule has 2 aromatic rings. The number of nitrogens with zero attached hydrogens (tertiary/aromatic N) is 4. The minimum absolute atomic E-state index is 0. The molecule has 0 atom stereocenters. The second kappa shape index (κ2) is 7.21. The van der Waals surface area contributed by atoms with Gasteiger partial charge in [0.05, 0.1) is 5.69 Å². The van der Waals surface area contributed by atoms with E-state index in [1.165, 1.54) is 56.6 Å². The van der Waals surface area contributed by atoms with Gasteiger partial charge in [0, 0.05) is 13.1 Å². The van der Waals surface area contributed by atoms with Crippen LogP contribution in [0.3, 0.4) is 0 Å². The van der Waals surface area contributed by atoms with Gasteiger partial charge in [-0.2, -0.15) is 5.10 Å². The minimum atomic E-state index is 0. The first kappa shape index (κ1) is 17.4. The highest BCUT2D eigenvalue weighted by Crippen LogP contribution is 2.39. The Morgan fingerprint density at radius 1 is 1.21 bits per heavy atom. The summed E-state index contributed by atoms with van der Waals surface area (Å²) in [5, 5.41) is 7.72. The Kier molecular flexibility index (Phi) is 5.23. The van der Waals surface area contributed by atoms with Crippen molar-refractivity contribution < 1.29 is 0 Å². The number of rotatable bonds is 3. The van der Waals surface area contributed by atoms with E-state index in [0.29, 0.717) is 5.41 Å². The van der Waals surface area contributed by atoms with Gasteiger partial charge in [0.2, 0.25) is 0 Å². The van der Waals surface area contributed by atoms with Crippen molar-refractivity contribution in [3.63, 3.8) is 0 Å². The molecule has 3 heterocycles. The number of halogens is 1. The molecule has 0 saturated carbocycles. The summed E-state index contributed by atoms with van der Waals surface area (Å²) in [7, 11) is 0. The molecule has 2 saturated heterocycles. The van der Waals surface area contributed by atoms with E-state index in [1.807, 2.05) is 4.68 Å². The number of aryl methyl sites for hydroxylation is 1. The fourth-order valence-corrected chi connectivity index (χ4v) is 4.19. The summed E-state index contributed by atoms with van der Waals surface area (Å²) in [5.74, 6) is 0. The van der Waals surface area contributed by atoms with Crippen molar-refractivity contribution in [2.45, 2.75) is 32.7 Å². The van der Waals surface area contributed by atoms with Gasteiger partial charge in [0.1, 0.15) is 12.7 Å². The summed E-state index contributed by atoms with van der Waals surface area (Å²) < 4.78 is 1.83. The van der Waals surface area contributed by atoms with E-state index < -0.39 is 0 Å². The van der Waals surface area contributed by atoms with Crippen molar-refractivity contribution in [3.05, 3.63) is 42.0 Å². The van der Waals surface area contributed by atoms with Crippen LogP contribution in [-0.4, -0.2) is 45.8 Å². The summed E-state index contributed by atoms with van der Waals surface area (Å²) in [6, 6.07) is 6.69. The van der Waals surface area contributed by atoms with Gasteiger partial charge < -0.3 is 5.32 Å². The Bertz CT molecular complexity index is 664. The zero-order valence-electron chi connectivity index (χ0n) is 14.2. The van der Waals surface area contributed by atoms with Crippen LogP contribution in [0.25, 0.3) is 5.69 Å². The number of piperidine rings is 1. The Hall–Kier alpha value is -1.43. The highest BCUT2D eigenvalue weighted by molar-refractivity contribution is 5.85. The van der Waals surface area contributed by atoms with Crippen LogP contribution in [0.5, 0.6) is 0 Å². The second-order valence-electron chi connectivity index (χ2n) is 7.17. The largest absolute Gasteiger partial charge is 0.317 e. The SMILES string of the molecule is Cc1cc(CN2CCC3(CCNCC3)C2)ccc1-n1cncn1.Cl. The normalized spacial score (nSPS) is 20.2. The molecule has 0 unspecified atom stereocenters. The van der Waals surface area contributed by atoms with E-state index in [-0.39, 0.29) is 12.4 Å². The number of nitrogens with one attached hydrogen (secondary N) is 1. The smallest absolute Gasteiger partial charge is 0.138 e. The Morgan fingerprint density at radius 3 is 2.75 bits per heavy atom. The Balaban J connectivity index is 0.00000169. The van der Waals surface area contributed by atoms with Gasteiger partial charge in [-0.3, -0.25) is 4.90 Å². The molecule has 4 rings (SSSR count).